The van der Waals surface area contributed by atoms with Gasteiger partial charge in [0, 0.05) is 13.2 Å². The van der Waals surface area contributed by atoms with E-state index in [9.17, 15) is 4.79 Å². The van der Waals surface area contributed by atoms with Crippen LogP contribution >= 0.6 is 34.5 Å². The lowest BCUT2D eigenvalue weighted by atomic mass is 10.3. The summed E-state index contributed by atoms with van der Waals surface area (Å²) in [7, 11) is 1.65. The van der Waals surface area contributed by atoms with Crippen LogP contribution in [0.25, 0.3) is 11.5 Å². The molecule has 108 valence electrons. The number of thiophene rings is 1. The van der Waals surface area contributed by atoms with Crippen molar-refractivity contribution in [3.63, 3.8) is 0 Å². The molecule has 1 amide bonds. The van der Waals surface area contributed by atoms with Crippen LogP contribution in [0.15, 0.2) is 22.7 Å². The summed E-state index contributed by atoms with van der Waals surface area (Å²) in [5.74, 6) is -0.219. The maximum absolute atomic E-state index is 12.0. The molecule has 0 aliphatic carbocycles. The predicted molar refractivity (Wildman–Crippen MR) is 78.8 cm³/mol. The zero-order chi connectivity index (χ0) is 15.0. The highest BCUT2D eigenvalue weighted by Gasteiger charge is 2.17. The number of anilines is 1. The number of aryl methyl sites for hydroxylation is 1. The normalized spacial score (nSPS) is 10.8. The van der Waals surface area contributed by atoms with Crippen LogP contribution in [0.4, 0.5) is 6.01 Å². The highest BCUT2D eigenvalue weighted by Crippen LogP contribution is 2.37. The molecule has 0 spiro atoms. The van der Waals surface area contributed by atoms with Gasteiger partial charge in [0.05, 0.1) is 9.90 Å². The molecule has 3 aromatic heterocycles. The number of carbonyl (C=O) groups excluding carboxylic acids is 1. The minimum absolute atomic E-state index is 0.0328. The lowest BCUT2D eigenvalue weighted by Gasteiger charge is -1.99. The van der Waals surface area contributed by atoms with Gasteiger partial charge >= 0.3 is 6.01 Å². The van der Waals surface area contributed by atoms with Crippen LogP contribution in [-0.2, 0) is 7.05 Å². The van der Waals surface area contributed by atoms with E-state index in [4.69, 9.17) is 27.6 Å². The van der Waals surface area contributed by atoms with Crippen LogP contribution < -0.4 is 5.32 Å². The summed E-state index contributed by atoms with van der Waals surface area (Å²) in [5, 5.41) is 14.0. The summed E-state index contributed by atoms with van der Waals surface area (Å²) in [5.41, 5.74) is 0.895. The van der Waals surface area contributed by atoms with E-state index in [-0.39, 0.29) is 11.9 Å². The van der Waals surface area contributed by atoms with Gasteiger partial charge in [0.15, 0.2) is 0 Å². The van der Waals surface area contributed by atoms with Crippen LogP contribution in [0.3, 0.4) is 0 Å². The molecule has 1 N–H and O–H groups in total. The molecule has 0 aliphatic heterocycles. The molecule has 3 rings (SSSR count). The number of rotatable bonds is 3. The first-order valence-electron chi connectivity index (χ1n) is 5.62. The summed E-state index contributed by atoms with van der Waals surface area (Å²) >= 11 is 13.1. The summed E-state index contributed by atoms with van der Waals surface area (Å²) in [6.07, 6.45) is 1.52. The van der Waals surface area contributed by atoms with Crippen molar-refractivity contribution in [2.45, 2.75) is 0 Å². The first-order chi connectivity index (χ1) is 10.0. The number of carbonyl (C=O) groups is 1. The lowest BCUT2D eigenvalue weighted by Crippen LogP contribution is -2.16. The maximum atomic E-state index is 12.0. The van der Waals surface area contributed by atoms with Crippen molar-refractivity contribution in [1.82, 2.24) is 20.0 Å². The minimum atomic E-state index is -0.403. The average Bonchev–Trinajstić information content (AvgIpc) is 3.10. The molecule has 3 aromatic rings. The SMILES string of the molecule is Cn1nccc1C(=O)Nc1nnc(-c2cc(Cl)sc2Cl)o1. The van der Waals surface area contributed by atoms with Crippen LogP contribution in [0.2, 0.25) is 8.67 Å². The van der Waals surface area contributed by atoms with Crippen LogP contribution in [0.5, 0.6) is 0 Å². The van der Waals surface area contributed by atoms with Crippen molar-refractivity contribution in [2.75, 3.05) is 5.32 Å². The fourth-order valence-electron chi connectivity index (χ4n) is 1.63. The van der Waals surface area contributed by atoms with Crippen molar-refractivity contribution >= 4 is 46.5 Å². The van der Waals surface area contributed by atoms with E-state index in [2.05, 4.69) is 20.6 Å². The van der Waals surface area contributed by atoms with Crippen LogP contribution in [0, 0.1) is 0 Å². The van der Waals surface area contributed by atoms with E-state index >= 15 is 0 Å². The van der Waals surface area contributed by atoms with Crippen molar-refractivity contribution in [2.24, 2.45) is 7.05 Å². The monoisotopic (exact) mass is 343 g/mol. The molecule has 7 nitrogen and oxygen atoms in total. The molecular weight excluding hydrogens is 337 g/mol. The fourth-order valence-corrected chi connectivity index (χ4v) is 3.07. The van der Waals surface area contributed by atoms with Crippen LogP contribution in [0.1, 0.15) is 10.5 Å². The predicted octanol–water partition coefficient (Wildman–Crippen LogP) is 3.09. The average molecular weight is 344 g/mol. The van der Waals surface area contributed by atoms with E-state index in [0.29, 0.717) is 19.9 Å². The minimum Gasteiger partial charge on any atom is -0.403 e. The van der Waals surface area contributed by atoms with Gasteiger partial charge in [0.1, 0.15) is 10.0 Å². The van der Waals surface area contributed by atoms with Gasteiger partial charge in [0.2, 0.25) is 0 Å². The van der Waals surface area contributed by atoms with Gasteiger partial charge < -0.3 is 4.42 Å². The van der Waals surface area contributed by atoms with Gasteiger partial charge in [-0.1, -0.05) is 28.3 Å². The Hall–Kier alpha value is -1.90. The molecule has 0 atom stereocenters. The van der Waals surface area contributed by atoms with Crippen molar-refractivity contribution in [3.05, 3.63) is 32.7 Å². The third-order valence-electron chi connectivity index (χ3n) is 2.59. The van der Waals surface area contributed by atoms with E-state index in [1.165, 1.54) is 22.2 Å². The zero-order valence-corrected chi connectivity index (χ0v) is 12.8. The van der Waals surface area contributed by atoms with Gasteiger partial charge in [-0.15, -0.1) is 16.4 Å². The topological polar surface area (TPSA) is 85.8 Å². The molecule has 0 aliphatic rings. The molecule has 0 aromatic carbocycles. The van der Waals surface area contributed by atoms with E-state index in [1.807, 2.05) is 0 Å². The van der Waals surface area contributed by atoms with Gasteiger partial charge in [-0.2, -0.15) is 5.10 Å². The van der Waals surface area contributed by atoms with Gasteiger partial charge in [-0.3, -0.25) is 14.8 Å². The second-order valence-electron chi connectivity index (χ2n) is 3.94. The first-order valence-corrected chi connectivity index (χ1v) is 7.20. The number of nitrogens with zero attached hydrogens (tertiary/aromatic N) is 4. The van der Waals surface area contributed by atoms with E-state index in [1.54, 1.807) is 19.2 Å². The quantitative estimate of drug-likeness (QED) is 0.789. The lowest BCUT2D eigenvalue weighted by molar-refractivity contribution is 0.101. The Labute approximate surface area is 132 Å². The Balaban J connectivity index is 1.81. The van der Waals surface area contributed by atoms with Crippen molar-refractivity contribution < 1.29 is 9.21 Å². The summed E-state index contributed by atoms with van der Waals surface area (Å²) < 4.78 is 7.73. The number of hydrogen-bond acceptors (Lipinski definition) is 6. The number of hydrogen-bond donors (Lipinski definition) is 1. The Kier molecular flexibility index (Phi) is 3.66. The second-order valence-corrected chi connectivity index (χ2v) is 6.23. The smallest absolute Gasteiger partial charge is 0.322 e. The Morgan fingerprint density at radius 2 is 2.24 bits per heavy atom. The van der Waals surface area contributed by atoms with Gasteiger partial charge in [-0.25, -0.2) is 0 Å². The first kappa shape index (κ1) is 14.1. The highest BCUT2D eigenvalue weighted by molar-refractivity contribution is 7.20. The summed E-state index contributed by atoms with van der Waals surface area (Å²) in [4.78, 5) is 12.0. The zero-order valence-electron chi connectivity index (χ0n) is 10.5. The fraction of sp³-hybridized carbons (Fsp3) is 0.0909. The van der Waals surface area contributed by atoms with E-state index in [0.717, 1.165) is 0 Å². The molecule has 0 bridgehead atoms. The molecule has 0 saturated carbocycles. The van der Waals surface area contributed by atoms with Crippen LogP contribution in [-0.4, -0.2) is 25.9 Å². The van der Waals surface area contributed by atoms with Gasteiger partial charge in [-0.05, 0) is 12.1 Å². The molecule has 0 radical (unpaired) electrons. The van der Waals surface area contributed by atoms with Gasteiger partial charge in [0.25, 0.3) is 11.8 Å². The number of halogens is 2. The number of nitrogens with one attached hydrogen (secondary N) is 1. The third-order valence-corrected chi connectivity index (χ3v) is 4.07. The van der Waals surface area contributed by atoms with E-state index < -0.39 is 5.91 Å². The Bertz CT molecular complexity index is 809. The second kappa shape index (κ2) is 5.47. The Morgan fingerprint density at radius 1 is 1.43 bits per heavy atom. The summed E-state index contributed by atoms with van der Waals surface area (Å²) in [6, 6.07) is 3.16. The Morgan fingerprint density at radius 3 is 2.86 bits per heavy atom. The largest absolute Gasteiger partial charge is 0.403 e. The molecule has 10 heteroatoms. The summed E-state index contributed by atoms with van der Waals surface area (Å²) in [6.45, 7) is 0. The maximum Gasteiger partial charge on any atom is 0.322 e. The van der Waals surface area contributed by atoms with Crippen molar-refractivity contribution in [1.29, 1.82) is 0 Å². The molecule has 0 unspecified atom stereocenters. The highest BCUT2D eigenvalue weighted by atomic mass is 35.5. The number of aromatic nitrogens is 4. The molecular formula is C11H7Cl2N5O2S. The molecule has 21 heavy (non-hydrogen) atoms. The molecule has 0 saturated heterocycles. The standard InChI is InChI=1S/C11H7Cl2N5O2S/c1-18-6(2-3-14-18)9(19)15-11-17-16-10(20-11)5-4-7(12)21-8(5)13/h2-4H,1H3,(H,15,17,19). The molecule has 0 fully saturated rings. The third kappa shape index (κ3) is 2.78. The van der Waals surface area contributed by atoms with Crippen molar-refractivity contribution in [3.8, 4) is 11.5 Å². The number of amides is 1. The molecule has 3 heterocycles.